The average molecular weight is 337 g/mol. The van der Waals surface area contributed by atoms with E-state index < -0.39 is 0 Å². The zero-order chi connectivity index (χ0) is 17.1. The molecule has 25 heavy (non-hydrogen) atoms. The summed E-state index contributed by atoms with van der Waals surface area (Å²) in [6.07, 6.45) is 6.75. The first-order chi connectivity index (χ1) is 12.3. The fraction of sp³-hybridized carbons (Fsp3) is 0.278. The Balaban J connectivity index is 1.38. The minimum atomic E-state index is -0.194. The summed E-state index contributed by atoms with van der Waals surface area (Å²) in [7, 11) is 0. The fourth-order valence-corrected chi connectivity index (χ4v) is 2.87. The van der Waals surface area contributed by atoms with Gasteiger partial charge in [-0.3, -0.25) is 9.78 Å². The van der Waals surface area contributed by atoms with Gasteiger partial charge in [-0.05, 0) is 17.7 Å². The van der Waals surface area contributed by atoms with E-state index in [-0.39, 0.29) is 5.91 Å². The number of benzene rings is 1. The van der Waals surface area contributed by atoms with Gasteiger partial charge in [-0.1, -0.05) is 12.1 Å². The molecular formula is C18H19N5O2. The van der Waals surface area contributed by atoms with Crippen molar-refractivity contribution in [1.29, 1.82) is 0 Å². The van der Waals surface area contributed by atoms with Crippen LogP contribution in [-0.2, 0) is 11.3 Å². The maximum atomic E-state index is 12.3. The summed E-state index contributed by atoms with van der Waals surface area (Å²) < 4.78 is 7.15. The van der Waals surface area contributed by atoms with Crippen molar-refractivity contribution >= 4 is 17.2 Å². The van der Waals surface area contributed by atoms with Gasteiger partial charge in [0.05, 0.1) is 19.4 Å². The Morgan fingerprint density at radius 2 is 2.00 bits per heavy atom. The molecule has 7 nitrogen and oxygen atoms in total. The molecule has 3 aromatic rings. The molecule has 1 fully saturated rings. The van der Waals surface area contributed by atoms with E-state index in [1.165, 1.54) is 5.69 Å². The van der Waals surface area contributed by atoms with Gasteiger partial charge in [0.2, 0.25) is 0 Å². The van der Waals surface area contributed by atoms with E-state index in [1.54, 1.807) is 29.2 Å². The maximum absolute atomic E-state index is 12.3. The molecule has 0 spiro atoms. The van der Waals surface area contributed by atoms with Gasteiger partial charge < -0.3 is 19.4 Å². The Bertz CT molecular complexity index is 836. The first-order valence-electron chi connectivity index (χ1n) is 8.28. The number of imidazole rings is 1. The van der Waals surface area contributed by atoms with Gasteiger partial charge in [0, 0.05) is 43.9 Å². The van der Waals surface area contributed by atoms with Crippen molar-refractivity contribution in [1.82, 2.24) is 19.7 Å². The number of aromatic nitrogens is 3. The second-order valence-corrected chi connectivity index (χ2v) is 5.92. The molecule has 0 atom stereocenters. The van der Waals surface area contributed by atoms with E-state index >= 15 is 0 Å². The quantitative estimate of drug-likeness (QED) is 0.781. The van der Waals surface area contributed by atoms with Crippen molar-refractivity contribution in [3.05, 3.63) is 60.3 Å². The monoisotopic (exact) mass is 337 g/mol. The number of nitrogens with zero attached hydrogens (tertiary/aromatic N) is 4. The first-order valence-corrected chi connectivity index (χ1v) is 8.28. The summed E-state index contributed by atoms with van der Waals surface area (Å²) >= 11 is 0. The molecule has 0 bridgehead atoms. The Hall–Kier alpha value is -2.93. The highest BCUT2D eigenvalue weighted by molar-refractivity contribution is 5.92. The molecule has 0 radical (unpaired) electrons. The van der Waals surface area contributed by atoms with Crippen molar-refractivity contribution in [3.63, 3.8) is 0 Å². The Kier molecular flexibility index (Phi) is 4.30. The normalized spacial score (nSPS) is 14.6. The zero-order valence-corrected chi connectivity index (χ0v) is 13.8. The highest BCUT2D eigenvalue weighted by Gasteiger charge is 2.12. The van der Waals surface area contributed by atoms with Gasteiger partial charge in [-0.15, -0.1) is 0 Å². The summed E-state index contributed by atoms with van der Waals surface area (Å²) in [6.45, 7) is 3.84. The third kappa shape index (κ3) is 3.46. The van der Waals surface area contributed by atoms with Crippen LogP contribution < -0.4 is 10.2 Å². The molecule has 3 heterocycles. The molecule has 128 valence electrons. The largest absolute Gasteiger partial charge is 0.378 e. The van der Waals surface area contributed by atoms with Crippen LogP contribution in [0.3, 0.4) is 0 Å². The van der Waals surface area contributed by atoms with Gasteiger partial charge >= 0.3 is 0 Å². The van der Waals surface area contributed by atoms with E-state index in [4.69, 9.17) is 4.74 Å². The van der Waals surface area contributed by atoms with E-state index in [0.29, 0.717) is 17.9 Å². The van der Waals surface area contributed by atoms with Crippen LogP contribution in [0.25, 0.3) is 5.65 Å². The van der Waals surface area contributed by atoms with E-state index in [2.05, 4.69) is 32.3 Å². The van der Waals surface area contributed by atoms with Crippen molar-refractivity contribution in [2.24, 2.45) is 0 Å². The molecule has 1 aliphatic heterocycles. The molecule has 0 unspecified atom stereocenters. The molecule has 7 heteroatoms. The van der Waals surface area contributed by atoms with Crippen molar-refractivity contribution in [3.8, 4) is 0 Å². The smallest absolute Gasteiger partial charge is 0.271 e. The molecule has 1 amide bonds. The van der Waals surface area contributed by atoms with Crippen LogP contribution in [0, 0.1) is 0 Å². The van der Waals surface area contributed by atoms with Crippen molar-refractivity contribution < 1.29 is 9.53 Å². The molecule has 0 saturated carbocycles. The summed E-state index contributed by atoms with van der Waals surface area (Å²) in [5, 5.41) is 2.91. The number of morpholine rings is 1. The van der Waals surface area contributed by atoms with Crippen molar-refractivity contribution in [2.75, 3.05) is 31.2 Å². The fourth-order valence-electron chi connectivity index (χ4n) is 2.87. The third-order valence-corrected chi connectivity index (χ3v) is 4.26. The Morgan fingerprint density at radius 1 is 1.20 bits per heavy atom. The zero-order valence-electron chi connectivity index (χ0n) is 13.8. The lowest BCUT2D eigenvalue weighted by atomic mass is 10.2. The minimum absolute atomic E-state index is 0.194. The van der Waals surface area contributed by atoms with Gasteiger partial charge in [-0.25, -0.2) is 4.98 Å². The molecule has 1 aliphatic rings. The standard InChI is InChI=1S/C18H19N5O2/c24-18(16-13-23-6-5-19-12-17(23)21-16)20-11-14-1-3-15(4-2-14)22-7-9-25-10-8-22/h1-6,12-13H,7-11H2,(H,20,24). The van der Waals surface area contributed by atoms with Gasteiger partial charge in [0.15, 0.2) is 5.65 Å². The number of anilines is 1. The lowest BCUT2D eigenvalue weighted by Gasteiger charge is -2.28. The Labute approximate surface area is 145 Å². The first kappa shape index (κ1) is 15.6. The molecule has 1 saturated heterocycles. The van der Waals surface area contributed by atoms with Crippen LogP contribution in [0.4, 0.5) is 5.69 Å². The number of rotatable bonds is 4. The van der Waals surface area contributed by atoms with Gasteiger partial charge in [-0.2, -0.15) is 0 Å². The summed E-state index contributed by atoms with van der Waals surface area (Å²) in [5.41, 5.74) is 3.28. The highest BCUT2D eigenvalue weighted by Crippen LogP contribution is 2.16. The van der Waals surface area contributed by atoms with Crippen LogP contribution in [0.1, 0.15) is 16.1 Å². The van der Waals surface area contributed by atoms with Crippen LogP contribution in [-0.4, -0.2) is 46.6 Å². The van der Waals surface area contributed by atoms with Crippen LogP contribution in [0.2, 0.25) is 0 Å². The van der Waals surface area contributed by atoms with Crippen LogP contribution >= 0.6 is 0 Å². The van der Waals surface area contributed by atoms with E-state index in [0.717, 1.165) is 31.9 Å². The maximum Gasteiger partial charge on any atom is 0.271 e. The number of nitrogens with one attached hydrogen (secondary N) is 1. The second-order valence-electron chi connectivity index (χ2n) is 5.92. The third-order valence-electron chi connectivity index (χ3n) is 4.26. The molecular weight excluding hydrogens is 318 g/mol. The lowest BCUT2D eigenvalue weighted by molar-refractivity contribution is 0.0946. The molecule has 2 aromatic heterocycles. The van der Waals surface area contributed by atoms with E-state index in [1.807, 2.05) is 12.1 Å². The Morgan fingerprint density at radius 3 is 2.76 bits per heavy atom. The number of ether oxygens (including phenoxy) is 1. The lowest BCUT2D eigenvalue weighted by Crippen LogP contribution is -2.36. The molecule has 0 aliphatic carbocycles. The summed E-state index contributed by atoms with van der Waals surface area (Å²) in [6, 6.07) is 8.25. The summed E-state index contributed by atoms with van der Waals surface area (Å²) in [5.74, 6) is -0.194. The van der Waals surface area contributed by atoms with Crippen LogP contribution in [0.5, 0.6) is 0 Å². The van der Waals surface area contributed by atoms with Crippen LogP contribution in [0.15, 0.2) is 49.1 Å². The SMILES string of the molecule is O=C(NCc1ccc(N2CCOCC2)cc1)c1cn2ccncc2n1. The predicted octanol–water partition coefficient (Wildman–Crippen LogP) is 1.50. The number of fused-ring (bicyclic) bond motifs is 1. The molecule has 1 aromatic carbocycles. The predicted molar refractivity (Wildman–Crippen MR) is 93.6 cm³/mol. The highest BCUT2D eigenvalue weighted by atomic mass is 16.5. The number of carbonyl (C=O) groups is 1. The topological polar surface area (TPSA) is 71.8 Å². The van der Waals surface area contributed by atoms with Gasteiger partial charge in [0.25, 0.3) is 5.91 Å². The molecule has 4 rings (SSSR count). The minimum Gasteiger partial charge on any atom is -0.378 e. The number of amides is 1. The molecule has 1 N–H and O–H groups in total. The number of carbonyl (C=O) groups excluding carboxylic acids is 1. The van der Waals surface area contributed by atoms with Gasteiger partial charge in [0.1, 0.15) is 5.69 Å². The van der Waals surface area contributed by atoms with E-state index in [9.17, 15) is 4.79 Å². The summed E-state index contributed by atoms with van der Waals surface area (Å²) in [4.78, 5) is 22.8. The number of hydrogen-bond donors (Lipinski definition) is 1. The number of hydrogen-bond acceptors (Lipinski definition) is 5. The second kappa shape index (κ2) is 6.90. The average Bonchev–Trinajstić information content (AvgIpc) is 3.11. The van der Waals surface area contributed by atoms with Crippen molar-refractivity contribution in [2.45, 2.75) is 6.54 Å².